The number of amides is 1. The molecule has 1 rings (SSSR count). The maximum Gasteiger partial charge on any atom is 0.248 e. The van der Waals surface area contributed by atoms with Crippen LogP contribution in [-0.2, 0) is 22.5 Å². The van der Waals surface area contributed by atoms with Crippen LogP contribution in [0.5, 0.6) is 0 Å². The van der Waals surface area contributed by atoms with Crippen molar-refractivity contribution in [1.82, 2.24) is 10.0 Å². The fraction of sp³-hybridized carbons (Fsp3) is 0.300. The molecule has 88 valence electrons. The summed E-state index contributed by atoms with van der Waals surface area (Å²) in [4.78, 5) is 11.4. The summed E-state index contributed by atoms with van der Waals surface area (Å²) < 4.78 is 22.5. The van der Waals surface area contributed by atoms with Crippen LogP contribution in [0.15, 0.2) is 30.3 Å². The van der Waals surface area contributed by atoms with Crippen molar-refractivity contribution in [2.75, 3.05) is 7.05 Å². The van der Waals surface area contributed by atoms with E-state index in [1.807, 2.05) is 35.1 Å². The number of carbonyl (C=O) groups excluding carboxylic acids is 1. The molecule has 1 aromatic carbocycles. The van der Waals surface area contributed by atoms with Gasteiger partial charge in [-0.15, -0.1) is 0 Å². The van der Waals surface area contributed by atoms with Crippen molar-refractivity contribution in [2.24, 2.45) is 0 Å². The topological polar surface area (TPSA) is 81.3 Å². The van der Waals surface area contributed by atoms with Crippen molar-refractivity contribution in [1.29, 1.82) is 0 Å². The fourth-order valence-electron chi connectivity index (χ4n) is 1.33. The van der Waals surface area contributed by atoms with Gasteiger partial charge in [-0.1, -0.05) is 30.3 Å². The largest absolute Gasteiger partial charge is 0.755 e. The minimum absolute atomic E-state index is 0.445. The van der Waals surface area contributed by atoms with Gasteiger partial charge in [0.2, 0.25) is 5.91 Å². The third kappa shape index (κ3) is 4.09. The molecule has 0 aliphatic heterocycles. The number of carbonyl (C=O) groups is 1. The minimum Gasteiger partial charge on any atom is -0.755 e. The van der Waals surface area contributed by atoms with Gasteiger partial charge >= 0.3 is 0 Å². The van der Waals surface area contributed by atoms with Gasteiger partial charge in [0.15, 0.2) is 0 Å². The van der Waals surface area contributed by atoms with Crippen LogP contribution in [-0.4, -0.2) is 27.8 Å². The number of likely N-dealkylation sites (N-methyl/N-ethyl adjacent to an activating group) is 1. The molecule has 2 atom stereocenters. The van der Waals surface area contributed by atoms with Gasteiger partial charge < -0.3 is 9.87 Å². The summed E-state index contributed by atoms with van der Waals surface area (Å²) in [5.41, 5.74) is 0.966. The first kappa shape index (κ1) is 12.8. The molecule has 1 aromatic rings. The maximum atomic E-state index is 11.4. The smallest absolute Gasteiger partial charge is 0.248 e. The zero-order valence-corrected chi connectivity index (χ0v) is 9.62. The molecule has 0 aliphatic rings. The Morgan fingerprint density at radius 2 is 2.06 bits per heavy atom. The second-order valence-electron chi connectivity index (χ2n) is 3.23. The molecule has 0 aromatic heterocycles. The average Bonchev–Trinajstić information content (AvgIpc) is 2.26. The summed E-state index contributed by atoms with van der Waals surface area (Å²) in [5, 5.41) is 2.77. The van der Waals surface area contributed by atoms with Crippen LogP contribution in [0.4, 0.5) is 0 Å². The molecule has 6 heteroatoms. The Hall–Kier alpha value is -1.24. The Labute approximate surface area is 96.7 Å². The predicted molar refractivity (Wildman–Crippen MR) is 60.1 cm³/mol. The van der Waals surface area contributed by atoms with Gasteiger partial charge in [-0.3, -0.25) is 13.7 Å². The predicted octanol–water partition coefficient (Wildman–Crippen LogP) is -0.273. The maximum absolute atomic E-state index is 11.4. The summed E-state index contributed by atoms with van der Waals surface area (Å²) in [7, 11) is 1.61. The van der Waals surface area contributed by atoms with Crippen molar-refractivity contribution in [3.8, 4) is 0 Å². The lowest BCUT2D eigenvalue weighted by Crippen LogP contribution is -2.44. The summed E-state index contributed by atoms with van der Waals surface area (Å²) >= 11 is -2.57. The highest BCUT2D eigenvalue weighted by Crippen LogP contribution is 2.03. The van der Waals surface area contributed by atoms with Crippen LogP contribution in [0.1, 0.15) is 5.56 Å². The van der Waals surface area contributed by atoms with Crippen LogP contribution in [0.3, 0.4) is 0 Å². The van der Waals surface area contributed by atoms with Gasteiger partial charge in [-0.25, -0.2) is 0 Å². The van der Waals surface area contributed by atoms with E-state index >= 15 is 0 Å². The van der Waals surface area contributed by atoms with Gasteiger partial charge in [0, 0.05) is 11.3 Å². The van der Waals surface area contributed by atoms with Gasteiger partial charge in [0.05, 0.1) is 6.04 Å². The SMILES string of the molecule is CNC(Cc1ccccc1)C(=O)NS(=O)[O-]. The monoisotopic (exact) mass is 241 g/mol. The second-order valence-corrected chi connectivity index (χ2v) is 3.91. The third-order valence-electron chi connectivity index (χ3n) is 2.13. The van der Waals surface area contributed by atoms with Crippen LogP contribution in [0.25, 0.3) is 0 Å². The van der Waals surface area contributed by atoms with Crippen LogP contribution < -0.4 is 10.0 Å². The minimum atomic E-state index is -2.57. The van der Waals surface area contributed by atoms with Crippen molar-refractivity contribution in [3.05, 3.63) is 35.9 Å². The van der Waals surface area contributed by atoms with Gasteiger partial charge in [0.25, 0.3) is 0 Å². The lowest BCUT2D eigenvalue weighted by atomic mass is 10.1. The molecule has 1 amide bonds. The number of benzene rings is 1. The van der Waals surface area contributed by atoms with E-state index in [2.05, 4.69) is 5.32 Å². The Morgan fingerprint density at radius 3 is 2.56 bits per heavy atom. The van der Waals surface area contributed by atoms with E-state index < -0.39 is 23.2 Å². The van der Waals surface area contributed by atoms with Gasteiger partial charge in [-0.2, -0.15) is 0 Å². The highest BCUT2D eigenvalue weighted by Gasteiger charge is 2.16. The van der Waals surface area contributed by atoms with Crippen molar-refractivity contribution >= 4 is 17.2 Å². The highest BCUT2D eigenvalue weighted by molar-refractivity contribution is 7.77. The first-order valence-electron chi connectivity index (χ1n) is 4.74. The molecule has 5 nitrogen and oxygen atoms in total. The quantitative estimate of drug-likeness (QED) is 0.695. The molecule has 0 saturated carbocycles. The molecule has 0 aliphatic carbocycles. The van der Waals surface area contributed by atoms with Crippen LogP contribution in [0.2, 0.25) is 0 Å². The molecule has 0 heterocycles. The second kappa shape index (κ2) is 6.37. The molecule has 0 saturated heterocycles. The van der Waals surface area contributed by atoms with Crippen LogP contribution >= 0.6 is 0 Å². The average molecular weight is 241 g/mol. The van der Waals surface area contributed by atoms with E-state index in [1.165, 1.54) is 0 Å². The Balaban J connectivity index is 2.62. The number of nitrogens with one attached hydrogen (secondary N) is 2. The molecule has 0 bridgehead atoms. The Bertz CT molecular complexity index is 370. The molecule has 2 unspecified atom stereocenters. The summed E-state index contributed by atoms with van der Waals surface area (Å²) in [6, 6.07) is 8.82. The first-order valence-corrected chi connectivity index (χ1v) is 5.82. The lowest BCUT2D eigenvalue weighted by Gasteiger charge is -2.16. The lowest BCUT2D eigenvalue weighted by molar-refractivity contribution is -0.121. The highest BCUT2D eigenvalue weighted by atomic mass is 32.2. The molecule has 0 fully saturated rings. The number of hydrogen-bond acceptors (Lipinski definition) is 4. The Kier molecular flexibility index (Phi) is 5.10. The standard InChI is InChI=1S/C10H14N2O3S/c1-11-9(10(13)12-16(14)15)7-8-5-3-2-4-6-8/h2-6,9,11H,7H2,1H3,(H,12,13)(H,14,15)/p-1. The first-order chi connectivity index (χ1) is 7.63. The summed E-state index contributed by atoms with van der Waals surface area (Å²) in [5.74, 6) is -0.556. The normalized spacial score (nSPS) is 14.1. The zero-order valence-electron chi connectivity index (χ0n) is 8.80. The van der Waals surface area contributed by atoms with Crippen molar-refractivity contribution in [2.45, 2.75) is 12.5 Å². The Morgan fingerprint density at radius 1 is 1.44 bits per heavy atom. The van der Waals surface area contributed by atoms with E-state index in [0.29, 0.717) is 6.42 Å². The molecule has 0 spiro atoms. The van der Waals surface area contributed by atoms with E-state index in [4.69, 9.17) is 0 Å². The number of rotatable bonds is 5. The fourth-order valence-corrected chi connectivity index (χ4v) is 1.64. The van der Waals surface area contributed by atoms with E-state index in [1.54, 1.807) is 7.05 Å². The molecular formula is C10H13N2O3S-. The molecule has 0 radical (unpaired) electrons. The molecule has 2 N–H and O–H groups in total. The summed E-state index contributed by atoms with van der Waals surface area (Å²) in [6.45, 7) is 0. The van der Waals surface area contributed by atoms with E-state index in [0.717, 1.165) is 5.56 Å². The van der Waals surface area contributed by atoms with E-state index in [9.17, 15) is 13.6 Å². The van der Waals surface area contributed by atoms with E-state index in [-0.39, 0.29) is 0 Å². The van der Waals surface area contributed by atoms with Gasteiger partial charge in [0.1, 0.15) is 0 Å². The molecular weight excluding hydrogens is 228 g/mol. The van der Waals surface area contributed by atoms with Crippen LogP contribution in [0, 0.1) is 0 Å². The van der Waals surface area contributed by atoms with Gasteiger partial charge in [-0.05, 0) is 19.0 Å². The zero-order chi connectivity index (χ0) is 12.0. The number of hydrogen-bond donors (Lipinski definition) is 2. The third-order valence-corrected chi connectivity index (χ3v) is 2.50. The molecule has 16 heavy (non-hydrogen) atoms. The van der Waals surface area contributed by atoms with Crippen molar-refractivity contribution in [3.63, 3.8) is 0 Å². The van der Waals surface area contributed by atoms with Crippen molar-refractivity contribution < 1.29 is 13.6 Å². The summed E-state index contributed by atoms with van der Waals surface area (Å²) in [6.07, 6.45) is 0.445.